The van der Waals surface area contributed by atoms with Gasteiger partial charge in [-0.15, -0.1) is 0 Å². The molecule has 1 aromatic rings. The molecule has 0 bridgehead atoms. The van der Waals surface area contributed by atoms with Crippen molar-refractivity contribution in [2.45, 2.75) is 19.4 Å². The molecule has 3 heteroatoms. The van der Waals surface area contributed by atoms with Gasteiger partial charge in [0, 0.05) is 16.6 Å². The van der Waals surface area contributed by atoms with Gasteiger partial charge in [-0.2, -0.15) is 0 Å². The molecule has 0 aliphatic carbocycles. The number of hydrogen-bond acceptors (Lipinski definition) is 2. The zero-order valence-corrected chi connectivity index (χ0v) is 8.88. The molecular formula is C11H14ClNO. The summed E-state index contributed by atoms with van der Waals surface area (Å²) in [6.07, 6.45) is 1.06. The normalized spacial score (nSPS) is 26.7. The first-order valence-corrected chi connectivity index (χ1v) is 5.26. The van der Waals surface area contributed by atoms with Gasteiger partial charge in [0.2, 0.25) is 0 Å². The summed E-state index contributed by atoms with van der Waals surface area (Å²) in [5, 5.41) is 13.7. The van der Waals surface area contributed by atoms with E-state index in [1.807, 2.05) is 6.07 Å². The minimum absolute atomic E-state index is 0.253. The lowest BCUT2D eigenvalue weighted by atomic mass is 10.0. The van der Waals surface area contributed by atoms with Gasteiger partial charge in [0.05, 0.1) is 0 Å². The van der Waals surface area contributed by atoms with Crippen LogP contribution in [0.25, 0.3) is 0 Å². The zero-order chi connectivity index (χ0) is 10.1. The van der Waals surface area contributed by atoms with Crippen molar-refractivity contribution in [2.24, 2.45) is 5.92 Å². The molecule has 0 unspecified atom stereocenters. The number of hydrogen-bond donors (Lipinski definition) is 2. The Labute approximate surface area is 88.9 Å². The van der Waals surface area contributed by atoms with E-state index in [2.05, 4.69) is 12.2 Å². The molecule has 1 aliphatic heterocycles. The Bertz CT molecular complexity index is 340. The molecule has 2 rings (SSSR count). The fraction of sp³-hybridized carbons (Fsp3) is 0.455. The highest BCUT2D eigenvalue weighted by Crippen LogP contribution is 2.33. The van der Waals surface area contributed by atoms with E-state index in [9.17, 15) is 5.11 Å². The van der Waals surface area contributed by atoms with Gasteiger partial charge in [-0.1, -0.05) is 18.5 Å². The molecule has 0 amide bonds. The van der Waals surface area contributed by atoms with Crippen LogP contribution < -0.4 is 5.32 Å². The Morgan fingerprint density at radius 2 is 2.29 bits per heavy atom. The largest absolute Gasteiger partial charge is 0.508 e. The van der Waals surface area contributed by atoms with Crippen molar-refractivity contribution in [1.82, 2.24) is 5.32 Å². The highest BCUT2D eigenvalue weighted by molar-refractivity contribution is 6.30. The number of nitrogens with one attached hydrogen (secondary N) is 1. The predicted octanol–water partition coefficient (Wildman–Crippen LogP) is 2.72. The Kier molecular flexibility index (Phi) is 2.66. The zero-order valence-electron chi connectivity index (χ0n) is 8.13. The number of aromatic hydroxyl groups is 1. The van der Waals surface area contributed by atoms with Crippen LogP contribution in [0.3, 0.4) is 0 Å². The minimum Gasteiger partial charge on any atom is -0.508 e. The third-order valence-electron chi connectivity index (χ3n) is 2.72. The smallest absolute Gasteiger partial charge is 0.120 e. The molecule has 14 heavy (non-hydrogen) atoms. The summed E-state index contributed by atoms with van der Waals surface area (Å²) in [7, 11) is 0. The second-order valence-corrected chi connectivity index (χ2v) is 4.44. The van der Waals surface area contributed by atoms with Crippen molar-refractivity contribution in [3.8, 4) is 5.75 Å². The highest BCUT2D eigenvalue weighted by atomic mass is 35.5. The van der Waals surface area contributed by atoms with Crippen LogP contribution in [0.2, 0.25) is 5.02 Å². The Morgan fingerprint density at radius 3 is 2.93 bits per heavy atom. The fourth-order valence-electron chi connectivity index (χ4n) is 1.95. The summed E-state index contributed by atoms with van der Waals surface area (Å²) in [6.45, 7) is 3.21. The predicted molar refractivity (Wildman–Crippen MR) is 57.6 cm³/mol. The lowest BCUT2D eigenvalue weighted by molar-refractivity contribution is 0.456. The van der Waals surface area contributed by atoms with Crippen molar-refractivity contribution < 1.29 is 5.11 Å². The van der Waals surface area contributed by atoms with Crippen LogP contribution >= 0.6 is 11.6 Å². The SMILES string of the molecule is C[C@H]1CN[C@H](c2cc(Cl)ccc2O)C1. The van der Waals surface area contributed by atoms with Gasteiger partial charge in [0.25, 0.3) is 0 Å². The van der Waals surface area contributed by atoms with E-state index >= 15 is 0 Å². The van der Waals surface area contributed by atoms with Crippen molar-refractivity contribution in [1.29, 1.82) is 0 Å². The van der Waals surface area contributed by atoms with Gasteiger partial charge < -0.3 is 10.4 Å². The molecule has 2 atom stereocenters. The first-order chi connectivity index (χ1) is 6.66. The summed E-state index contributed by atoms with van der Waals surface area (Å²) in [5.74, 6) is 0.999. The molecule has 1 fully saturated rings. The molecular weight excluding hydrogens is 198 g/mol. The van der Waals surface area contributed by atoms with Gasteiger partial charge in [-0.05, 0) is 37.1 Å². The second kappa shape index (κ2) is 3.79. The van der Waals surface area contributed by atoms with Crippen LogP contribution in [0.5, 0.6) is 5.75 Å². The third kappa shape index (κ3) is 1.86. The number of rotatable bonds is 1. The lowest BCUT2D eigenvalue weighted by Crippen LogP contribution is -2.13. The number of phenols is 1. The van der Waals surface area contributed by atoms with Gasteiger partial charge >= 0.3 is 0 Å². The molecule has 2 N–H and O–H groups in total. The fourth-order valence-corrected chi connectivity index (χ4v) is 2.13. The second-order valence-electron chi connectivity index (χ2n) is 4.00. The standard InChI is InChI=1S/C11H14ClNO/c1-7-4-10(13-6-7)9-5-8(12)2-3-11(9)14/h2-3,5,7,10,13-14H,4,6H2,1H3/t7-,10+/m1/s1. The van der Waals surface area contributed by atoms with Crippen LogP contribution in [0.4, 0.5) is 0 Å². The van der Waals surface area contributed by atoms with E-state index in [0.29, 0.717) is 16.7 Å². The van der Waals surface area contributed by atoms with Crippen molar-refractivity contribution >= 4 is 11.6 Å². The average Bonchev–Trinajstić information content (AvgIpc) is 2.56. The Balaban J connectivity index is 2.27. The maximum absolute atomic E-state index is 9.68. The number of benzene rings is 1. The van der Waals surface area contributed by atoms with Crippen LogP contribution in [0.15, 0.2) is 18.2 Å². The molecule has 1 heterocycles. The first-order valence-electron chi connectivity index (χ1n) is 4.88. The Hall–Kier alpha value is -0.730. The van der Waals surface area contributed by atoms with Crippen molar-refractivity contribution in [3.63, 3.8) is 0 Å². The molecule has 0 aromatic heterocycles. The van der Waals surface area contributed by atoms with Gasteiger partial charge in [0.1, 0.15) is 5.75 Å². The number of halogens is 1. The van der Waals surface area contributed by atoms with Crippen LogP contribution in [-0.4, -0.2) is 11.7 Å². The van der Waals surface area contributed by atoms with E-state index < -0.39 is 0 Å². The van der Waals surface area contributed by atoms with E-state index in [1.54, 1.807) is 12.1 Å². The van der Waals surface area contributed by atoms with Gasteiger partial charge in [-0.25, -0.2) is 0 Å². The number of phenolic OH excluding ortho intramolecular Hbond substituents is 1. The Morgan fingerprint density at radius 1 is 1.50 bits per heavy atom. The molecule has 0 saturated carbocycles. The first kappa shape index (κ1) is 9.81. The topological polar surface area (TPSA) is 32.3 Å². The van der Waals surface area contributed by atoms with Crippen LogP contribution in [0.1, 0.15) is 24.9 Å². The maximum Gasteiger partial charge on any atom is 0.120 e. The van der Waals surface area contributed by atoms with Crippen molar-refractivity contribution in [2.75, 3.05) is 6.54 Å². The van der Waals surface area contributed by atoms with E-state index in [1.165, 1.54) is 0 Å². The molecule has 1 saturated heterocycles. The van der Waals surface area contributed by atoms with Crippen LogP contribution in [0, 0.1) is 5.92 Å². The van der Waals surface area contributed by atoms with Crippen LogP contribution in [-0.2, 0) is 0 Å². The molecule has 1 aromatic carbocycles. The third-order valence-corrected chi connectivity index (χ3v) is 2.95. The molecule has 76 valence electrons. The van der Waals surface area contributed by atoms with E-state index in [0.717, 1.165) is 18.5 Å². The lowest BCUT2D eigenvalue weighted by Gasteiger charge is -2.12. The summed E-state index contributed by atoms with van der Waals surface area (Å²) < 4.78 is 0. The average molecular weight is 212 g/mol. The van der Waals surface area contributed by atoms with Gasteiger partial charge in [-0.3, -0.25) is 0 Å². The van der Waals surface area contributed by atoms with E-state index in [4.69, 9.17) is 11.6 Å². The molecule has 0 spiro atoms. The summed E-state index contributed by atoms with van der Waals surface area (Å²) in [6, 6.07) is 5.46. The van der Waals surface area contributed by atoms with Gasteiger partial charge in [0.15, 0.2) is 0 Å². The molecule has 1 aliphatic rings. The molecule has 0 radical (unpaired) electrons. The van der Waals surface area contributed by atoms with E-state index in [-0.39, 0.29) is 6.04 Å². The molecule has 2 nitrogen and oxygen atoms in total. The summed E-state index contributed by atoms with van der Waals surface area (Å²) >= 11 is 5.89. The summed E-state index contributed by atoms with van der Waals surface area (Å²) in [5.41, 5.74) is 0.918. The quantitative estimate of drug-likeness (QED) is 0.749. The maximum atomic E-state index is 9.68. The summed E-state index contributed by atoms with van der Waals surface area (Å²) in [4.78, 5) is 0. The van der Waals surface area contributed by atoms with Crippen molar-refractivity contribution in [3.05, 3.63) is 28.8 Å². The minimum atomic E-state index is 0.253. The monoisotopic (exact) mass is 211 g/mol. The highest BCUT2D eigenvalue weighted by Gasteiger charge is 2.24.